The predicted molar refractivity (Wildman–Crippen MR) is 60.7 cm³/mol. The molecule has 0 amide bonds. The van der Waals surface area contributed by atoms with Gasteiger partial charge in [-0.1, -0.05) is 0 Å². The van der Waals surface area contributed by atoms with Crippen molar-refractivity contribution in [2.24, 2.45) is 0 Å². The Balaban J connectivity index is 1.95. The summed E-state index contributed by atoms with van der Waals surface area (Å²) < 4.78 is 33.8. The third-order valence-electron chi connectivity index (χ3n) is 3.40. The summed E-state index contributed by atoms with van der Waals surface area (Å²) in [7, 11) is 0. The van der Waals surface area contributed by atoms with Gasteiger partial charge in [-0.2, -0.15) is 14.0 Å². The van der Waals surface area contributed by atoms with Gasteiger partial charge in [-0.3, -0.25) is 0 Å². The van der Waals surface area contributed by atoms with Gasteiger partial charge < -0.3 is 9.64 Å². The highest BCUT2D eigenvalue weighted by Crippen LogP contribution is 2.26. The standard InChI is InChI=1S/C11H18F2N4O/c12-11(13,16-2-1-8-18-9-7-16)17-5-3-15(10-14)4-6-17/h1-9H2. The molecule has 0 unspecified atom stereocenters. The molecule has 0 N–H and O–H groups in total. The molecule has 0 radical (unpaired) electrons. The highest BCUT2D eigenvalue weighted by atomic mass is 19.3. The van der Waals surface area contributed by atoms with Crippen LogP contribution in [0.2, 0.25) is 0 Å². The maximum absolute atomic E-state index is 14.3. The van der Waals surface area contributed by atoms with Crippen molar-refractivity contribution in [2.75, 3.05) is 52.5 Å². The zero-order valence-electron chi connectivity index (χ0n) is 10.3. The average molecular weight is 260 g/mol. The van der Waals surface area contributed by atoms with Gasteiger partial charge in [0.2, 0.25) is 0 Å². The van der Waals surface area contributed by atoms with Crippen molar-refractivity contribution in [3.05, 3.63) is 0 Å². The average Bonchev–Trinajstić information content (AvgIpc) is 2.68. The third kappa shape index (κ3) is 2.88. The normalized spacial score (nSPS) is 24.6. The van der Waals surface area contributed by atoms with Crippen LogP contribution in [-0.2, 0) is 4.74 Å². The molecule has 102 valence electrons. The molecule has 18 heavy (non-hydrogen) atoms. The highest BCUT2D eigenvalue weighted by molar-refractivity contribution is 4.84. The first kappa shape index (κ1) is 13.5. The van der Waals surface area contributed by atoms with Crippen molar-refractivity contribution in [1.82, 2.24) is 14.7 Å². The Morgan fingerprint density at radius 2 is 1.61 bits per heavy atom. The van der Waals surface area contributed by atoms with Crippen LogP contribution in [0.4, 0.5) is 8.78 Å². The van der Waals surface area contributed by atoms with Crippen LogP contribution in [0, 0.1) is 11.5 Å². The molecule has 0 aromatic carbocycles. The van der Waals surface area contributed by atoms with Gasteiger partial charge in [0, 0.05) is 45.9 Å². The van der Waals surface area contributed by atoms with Crippen LogP contribution in [0.1, 0.15) is 6.42 Å². The molecule has 2 rings (SSSR count). The number of nitriles is 1. The first-order valence-electron chi connectivity index (χ1n) is 6.25. The van der Waals surface area contributed by atoms with Crippen molar-refractivity contribution >= 4 is 0 Å². The lowest BCUT2D eigenvalue weighted by Crippen LogP contribution is -2.60. The van der Waals surface area contributed by atoms with Crippen LogP contribution >= 0.6 is 0 Å². The van der Waals surface area contributed by atoms with Gasteiger partial charge in [-0.05, 0) is 6.42 Å². The molecule has 2 aliphatic heterocycles. The SMILES string of the molecule is N#CN1CCN(C(F)(F)N2CCCOCC2)CC1. The fraction of sp³-hybridized carbons (Fsp3) is 0.909. The Bertz CT molecular complexity index is 305. The number of rotatable bonds is 2. The second-order valence-electron chi connectivity index (χ2n) is 4.54. The summed E-state index contributed by atoms with van der Waals surface area (Å²) >= 11 is 0. The number of ether oxygens (including phenoxy) is 1. The maximum atomic E-state index is 14.3. The summed E-state index contributed by atoms with van der Waals surface area (Å²) in [6.07, 6.45) is -0.309. The van der Waals surface area contributed by atoms with E-state index in [-0.39, 0.29) is 19.6 Å². The minimum absolute atomic E-state index is 0.220. The molecule has 2 fully saturated rings. The lowest BCUT2D eigenvalue weighted by Gasteiger charge is -2.41. The molecule has 0 saturated carbocycles. The molecule has 2 aliphatic rings. The molecular weight excluding hydrogens is 242 g/mol. The zero-order chi connectivity index (χ0) is 13.0. The van der Waals surface area contributed by atoms with Crippen LogP contribution in [-0.4, -0.2) is 73.4 Å². The number of nitrogens with zero attached hydrogens (tertiary/aromatic N) is 4. The van der Waals surface area contributed by atoms with Crippen LogP contribution in [0.5, 0.6) is 0 Å². The van der Waals surface area contributed by atoms with E-state index in [1.54, 1.807) is 0 Å². The topological polar surface area (TPSA) is 42.7 Å². The monoisotopic (exact) mass is 260 g/mol. The molecule has 7 heteroatoms. The Morgan fingerprint density at radius 3 is 2.28 bits per heavy atom. The lowest BCUT2D eigenvalue weighted by atomic mass is 10.3. The molecule has 0 atom stereocenters. The summed E-state index contributed by atoms with van der Waals surface area (Å²) in [5.41, 5.74) is 0. The summed E-state index contributed by atoms with van der Waals surface area (Å²) in [4.78, 5) is 3.85. The fourth-order valence-corrected chi connectivity index (χ4v) is 2.29. The minimum Gasteiger partial charge on any atom is -0.380 e. The smallest absolute Gasteiger partial charge is 0.369 e. The third-order valence-corrected chi connectivity index (χ3v) is 3.40. The first-order valence-corrected chi connectivity index (χ1v) is 6.25. The molecule has 0 aromatic rings. The number of alkyl halides is 2. The largest absolute Gasteiger partial charge is 0.380 e. The van der Waals surface area contributed by atoms with E-state index in [0.29, 0.717) is 39.3 Å². The molecular formula is C11H18F2N4O. The Hall–Kier alpha value is -0.970. The molecule has 0 bridgehead atoms. The van der Waals surface area contributed by atoms with Gasteiger partial charge in [0.15, 0.2) is 6.19 Å². The molecule has 0 aromatic heterocycles. The van der Waals surface area contributed by atoms with E-state index in [1.165, 1.54) is 9.80 Å². The van der Waals surface area contributed by atoms with E-state index in [1.807, 2.05) is 6.19 Å². The Morgan fingerprint density at radius 1 is 0.944 bits per heavy atom. The van der Waals surface area contributed by atoms with Crippen LogP contribution in [0.25, 0.3) is 0 Å². The molecule has 2 saturated heterocycles. The number of halogens is 2. The van der Waals surface area contributed by atoms with Crippen molar-refractivity contribution in [1.29, 1.82) is 5.26 Å². The minimum atomic E-state index is -2.94. The molecule has 0 aliphatic carbocycles. The number of hydrogen-bond acceptors (Lipinski definition) is 5. The van der Waals surface area contributed by atoms with Crippen molar-refractivity contribution in [3.8, 4) is 6.19 Å². The molecule has 2 heterocycles. The van der Waals surface area contributed by atoms with E-state index < -0.39 is 6.17 Å². The van der Waals surface area contributed by atoms with Crippen LogP contribution < -0.4 is 0 Å². The summed E-state index contributed by atoms with van der Waals surface area (Å²) in [6, 6.07) is 0. The summed E-state index contributed by atoms with van der Waals surface area (Å²) in [6.45, 7) is 2.70. The van der Waals surface area contributed by atoms with Gasteiger partial charge in [-0.15, -0.1) is 0 Å². The summed E-state index contributed by atoms with van der Waals surface area (Å²) in [5, 5.41) is 8.71. The van der Waals surface area contributed by atoms with Crippen LogP contribution in [0.3, 0.4) is 0 Å². The van der Waals surface area contributed by atoms with E-state index in [9.17, 15) is 8.78 Å². The Labute approximate surface area is 105 Å². The summed E-state index contributed by atoms with van der Waals surface area (Å²) in [5.74, 6) is 0. The van der Waals surface area contributed by atoms with E-state index >= 15 is 0 Å². The van der Waals surface area contributed by atoms with Crippen LogP contribution in [0.15, 0.2) is 0 Å². The maximum Gasteiger partial charge on any atom is 0.369 e. The molecule has 0 spiro atoms. The zero-order valence-corrected chi connectivity index (χ0v) is 10.3. The molecule has 5 nitrogen and oxygen atoms in total. The van der Waals surface area contributed by atoms with Gasteiger partial charge in [0.25, 0.3) is 0 Å². The first-order chi connectivity index (χ1) is 8.64. The van der Waals surface area contributed by atoms with Gasteiger partial charge in [0.1, 0.15) is 0 Å². The van der Waals surface area contributed by atoms with E-state index in [4.69, 9.17) is 10.00 Å². The van der Waals surface area contributed by atoms with Crippen molar-refractivity contribution < 1.29 is 13.5 Å². The van der Waals surface area contributed by atoms with Gasteiger partial charge in [0.05, 0.1) is 6.61 Å². The van der Waals surface area contributed by atoms with Gasteiger partial charge in [-0.25, -0.2) is 9.80 Å². The quantitative estimate of drug-likeness (QED) is 0.530. The second kappa shape index (κ2) is 5.78. The highest BCUT2D eigenvalue weighted by Gasteiger charge is 2.44. The van der Waals surface area contributed by atoms with Crippen molar-refractivity contribution in [2.45, 2.75) is 12.6 Å². The van der Waals surface area contributed by atoms with Crippen molar-refractivity contribution in [3.63, 3.8) is 0 Å². The lowest BCUT2D eigenvalue weighted by molar-refractivity contribution is -0.256. The predicted octanol–water partition coefficient (Wildman–Crippen LogP) is 0.358. The van der Waals surface area contributed by atoms with E-state index in [0.717, 1.165) is 4.90 Å². The Kier molecular flexibility index (Phi) is 4.32. The second-order valence-corrected chi connectivity index (χ2v) is 4.54. The number of piperazine rings is 1. The fourth-order valence-electron chi connectivity index (χ4n) is 2.29. The number of hydrogen-bond donors (Lipinski definition) is 0. The van der Waals surface area contributed by atoms with Gasteiger partial charge >= 0.3 is 6.17 Å². The van der Waals surface area contributed by atoms with E-state index in [2.05, 4.69) is 0 Å².